The third kappa shape index (κ3) is 4.95. The summed E-state index contributed by atoms with van der Waals surface area (Å²) in [4.78, 5) is 17.7. The molecule has 13 heteroatoms. The second-order valence-corrected chi connectivity index (χ2v) is 12.4. The first kappa shape index (κ1) is 26.0. The highest BCUT2D eigenvalue weighted by Crippen LogP contribution is 2.42. The minimum atomic E-state index is -3.83. The molecule has 4 heterocycles. The maximum Gasteiger partial charge on any atom is 0.256 e. The number of furan rings is 1. The molecule has 3 aromatic rings. The van der Waals surface area contributed by atoms with Crippen LogP contribution in [-0.2, 0) is 10.0 Å². The van der Waals surface area contributed by atoms with Crippen LogP contribution >= 0.6 is 11.3 Å². The van der Waals surface area contributed by atoms with Crippen LogP contribution < -0.4 is 21.6 Å². The molecule has 36 heavy (non-hydrogen) atoms. The monoisotopic (exact) mass is 533 g/mol. The van der Waals surface area contributed by atoms with Gasteiger partial charge in [0.15, 0.2) is 32.6 Å². The maximum atomic E-state index is 13.0. The molecular formula is C23H31N7O4S2. The Bertz CT molecular complexity index is 1490. The number of sulfonamides is 1. The van der Waals surface area contributed by atoms with Crippen molar-refractivity contribution in [2.75, 3.05) is 30.4 Å². The molecular weight excluding hydrogens is 502 g/mol. The fraction of sp³-hybridized carbons (Fsp3) is 0.478. The van der Waals surface area contributed by atoms with Crippen LogP contribution in [-0.4, -0.2) is 47.6 Å². The molecule has 0 unspecified atom stereocenters. The smallest absolute Gasteiger partial charge is 0.256 e. The van der Waals surface area contributed by atoms with E-state index in [-0.39, 0.29) is 39.6 Å². The second kappa shape index (κ2) is 9.79. The van der Waals surface area contributed by atoms with Crippen LogP contribution in [0.15, 0.2) is 36.1 Å². The van der Waals surface area contributed by atoms with Crippen LogP contribution in [0, 0.1) is 12.3 Å². The number of thiophene rings is 1. The Morgan fingerprint density at radius 2 is 1.78 bits per heavy atom. The molecule has 0 bridgehead atoms. The summed E-state index contributed by atoms with van der Waals surface area (Å²) < 4.78 is 33.1. The van der Waals surface area contributed by atoms with E-state index in [0.29, 0.717) is 29.9 Å². The maximum absolute atomic E-state index is 13.0. The highest BCUT2D eigenvalue weighted by Gasteiger charge is 2.32. The lowest BCUT2D eigenvalue weighted by molar-refractivity contribution is 0.300. The van der Waals surface area contributed by atoms with Crippen molar-refractivity contribution in [1.82, 2.24) is 14.3 Å². The third-order valence-corrected chi connectivity index (χ3v) is 9.30. The SMILES string of the molecule is CCN(CC)S(=O)(=O)c1scc(Nc2nc3c(nc2N[C@@H](c2ccc(C)o2)C(C)(C)C)=NCN=3)c1O. The van der Waals surface area contributed by atoms with Gasteiger partial charge in [0.25, 0.3) is 10.0 Å². The summed E-state index contributed by atoms with van der Waals surface area (Å²) in [5, 5.41) is 18.9. The largest absolute Gasteiger partial charge is 0.504 e. The first-order valence-corrected chi connectivity index (χ1v) is 13.9. The van der Waals surface area contributed by atoms with Gasteiger partial charge in [-0.2, -0.15) is 4.31 Å². The van der Waals surface area contributed by atoms with Gasteiger partial charge < -0.3 is 20.2 Å². The van der Waals surface area contributed by atoms with Gasteiger partial charge in [-0.1, -0.05) is 34.6 Å². The third-order valence-electron chi connectivity index (χ3n) is 5.76. The van der Waals surface area contributed by atoms with Crippen molar-refractivity contribution >= 4 is 38.7 Å². The van der Waals surface area contributed by atoms with Crippen molar-refractivity contribution in [3.63, 3.8) is 0 Å². The Labute approximate surface area is 214 Å². The molecule has 4 rings (SSSR count). The van der Waals surface area contributed by atoms with Crippen LogP contribution in [0.1, 0.15) is 52.2 Å². The lowest BCUT2D eigenvalue weighted by Crippen LogP contribution is -2.33. The molecule has 3 aromatic heterocycles. The summed E-state index contributed by atoms with van der Waals surface area (Å²) in [6, 6.07) is 3.55. The summed E-state index contributed by atoms with van der Waals surface area (Å²) in [5.74, 6) is 1.82. The molecule has 0 aromatic carbocycles. The van der Waals surface area contributed by atoms with Gasteiger partial charge in [-0.25, -0.2) is 28.4 Å². The lowest BCUT2D eigenvalue weighted by atomic mass is 9.85. The van der Waals surface area contributed by atoms with E-state index in [1.54, 1.807) is 19.2 Å². The lowest BCUT2D eigenvalue weighted by Gasteiger charge is -2.30. The Morgan fingerprint density at radius 3 is 2.33 bits per heavy atom. The normalized spacial score (nSPS) is 14.3. The molecule has 1 aliphatic heterocycles. The topological polar surface area (TPSA) is 145 Å². The van der Waals surface area contributed by atoms with Gasteiger partial charge in [0, 0.05) is 18.5 Å². The molecule has 0 amide bonds. The Hall–Kier alpha value is -3.03. The van der Waals surface area contributed by atoms with Gasteiger partial charge in [0.2, 0.25) is 0 Å². The van der Waals surface area contributed by atoms with Gasteiger partial charge in [0.1, 0.15) is 18.2 Å². The summed E-state index contributed by atoms with van der Waals surface area (Å²) in [6.07, 6.45) is 0. The molecule has 1 aliphatic rings. The van der Waals surface area contributed by atoms with E-state index in [1.807, 2.05) is 19.1 Å². The van der Waals surface area contributed by atoms with E-state index in [2.05, 4.69) is 51.4 Å². The van der Waals surface area contributed by atoms with Crippen molar-refractivity contribution < 1.29 is 17.9 Å². The molecule has 0 saturated carbocycles. The van der Waals surface area contributed by atoms with Crippen molar-refractivity contribution in [2.45, 2.75) is 51.8 Å². The zero-order chi connectivity index (χ0) is 26.3. The molecule has 3 N–H and O–H groups in total. The number of hydrogen-bond donors (Lipinski definition) is 3. The standard InChI is InChI=1S/C23H31N7O4S2/c1-7-30(8-2)36(32,33)22-16(31)14(11-35-22)26-20-21(29-19-18(28-20)24-12-25-19)27-17(23(4,5)6)15-10-9-13(3)34-15/h9-11,17,31H,7-8,12H2,1-6H3,(H,24,26,28)(H,25,27,29)/t17-/m0/s1. The molecule has 0 radical (unpaired) electrons. The number of aryl methyl sites for hydroxylation is 1. The van der Waals surface area contributed by atoms with Crippen molar-refractivity contribution in [1.29, 1.82) is 0 Å². The van der Waals surface area contributed by atoms with Crippen molar-refractivity contribution in [3.05, 3.63) is 40.0 Å². The van der Waals surface area contributed by atoms with E-state index in [0.717, 1.165) is 22.9 Å². The van der Waals surface area contributed by atoms with Crippen LogP contribution in [0.25, 0.3) is 0 Å². The highest BCUT2D eigenvalue weighted by molar-refractivity contribution is 7.91. The molecule has 0 saturated heterocycles. The minimum Gasteiger partial charge on any atom is -0.504 e. The molecule has 0 aliphatic carbocycles. The number of fused-ring (bicyclic) bond motifs is 1. The number of nitrogens with one attached hydrogen (secondary N) is 2. The summed E-state index contributed by atoms with van der Waals surface area (Å²) >= 11 is 0.943. The first-order chi connectivity index (χ1) is 17.0. The number of aromatic nitrogens is 2. The van der Waals surface area contributed by atoms with E-state index < -0.39 is 10.0 Å². The zero-order valence-electron chi connectivity index (χ0n) is 21.2. The number of aromatic hydroxyl groups is 1. The molecule has 0 fully saturated rings. The van der Waals surface area contributed by atoms with Gasteiger partial charge in [-0.05, 0) is 24.5 Å². The fourth-order valence-corrected chi connectivity index (χ4v) is 6.69. The second-order valence-electron chi connectivity index (χ2n) is 9.42. The van der Waals surface area contributed by atoms with Crippen molar-refractivity contribution in [2.24, 2.45) is 15.4 Å². The average molecular weight is 534 g/mol. The van der Waals surface area contributed by atoms with E-state index in [4.69, 9.17) is 4.42 Å². The Balaban J connectivity index is 1.75. The van der Waals surface area contributed by atoms with Gasteiger partial charge >= 0.3 is 0 Å². The number of rotatable bonds is 9. The van der Waals surface area contributed by atoms with Crippen LogP contribution in [0.3, 0.4) is 0 Å². The van der Waals surface area contributed by atoms with Crippen LogP contribution in [0.4, 0.5) is 17.3 Å². The Kier molecular flexibility index (Phi) is 7.08. The highest BCUT2D eigenvalue weighted by atomic mass is 32.2. The number of nitrogens with zero attached hydrogens (tertiary/aromatic N) is 5. The van der Waals surface area contributed by atoms with E-state index in [1.165, 1.54) is 4.31 Å². The molecule has 194 valence electrons. The predicted molar refractivity (Wildman–Crippen MR) is 138 cm³/mol. The fourth-order valence-electron chi connectivity index (χ4n) is 3.86. The van der Waals surface area contributed by atoms with Crippen LogP contribution in [0.5, 0.6) is 5.75 Å². The summed E-state index contributed by atoms with van der Waals surface area (Å²) in [5.41, 5.74) is 0.721. The van der Waals surface area contributed by atoms with Gasteiger partial charge in [-0.3, -0.25) is 0 Å². The quantitative estimate of drug-likeness (QED) is 0.380. The van der Waals surface area contributed by atoms with Crippen molar-refractivity contribution in [3.8, 4) is 5.75 Å². The Morgan fingerprint density at radius 1 is 1.14 bits per heavy atom. The first-order valence-electron chi connectivity index (χ1n) is 11.6. The molecule has 11 nitrogen and oxygen atoms in total. The minimum absolute atomic E-state index is 0.129. The molecule has 0 spiro atoms. The van der Waals surface area contributed by atoms with E-state index in [9.17, 15) is 13.5 Å². The van der Waals surface area contributed by atoms with Crippen LogP contribution in [0.2, 0.25) is 0 Å². The van der Waals surface area contributed by atoms with Gasteiger partial charge in [-0.15, -0.1) is 11.3 Å². The van der Waals surface area contributed by atoms with E-state index >= 15 is 0 Å². The summed E-state index contributed by atoms with van der Waals surface area (Å²) in [7, 11) is -3.83. The van der Waals surface area contributed by atoms with Gasteiger partial charge in [0.05, 0.1) is 11.7 Å². The predicted octanol–water partition coefficient (Wildman–Crippen LogP) is 3.33. The zero-order valence-corrected chi connectivity index (χ0v) is 22.8. The number of hydrogen-bond acceptors (Lipinski definition) is 11. The molecule has 1 atom stereocenters. The summed E-state index contributed by atoms with van der Waals surface area (Å²) in [6.45, 7) is 12.4. The average Bonchev–Trinajstić information content (AvgIpc) is 3.52. The number of anilines is 3.